The molecular weight excluding hydrogens is 212 g/mol. The van der Waals surface area contributed by atoms with Gasteiger partial charge in [-0.2, -0.15) is 5.10 Å². The predicted molar refractivity (Wildman–Crippen MR) is 66.5 cm³/mol. The van der Waals surface area contributed by atoms with Crippen molar-refractivity contribution >= 4 is 0 Å². The fourth-order valence-electron chi connectivity index (χ4n) is 2.27. The lowest BCUT2D eigenvalue weighted by atomic mass is 9.96. The lowest BCUT2D eigenvalue weighted by Crippen LogP contribution is -2.10. The van der Waals surface area contributed by atoms with Crippen LogP contribution < -0.4 is 0 Å². The van der Waals surface area contributed by atoms with Crippen molar-refractivity contribution in [3.05, 3.63) is 42.1 Å². The molecule has 3 nitrogen and oxygen atoms in total. The van der Waals surface area contributed by atoms with E-state index >= 15 is 0 Å². The molecule has 3 rings (SSSR count). The van der Waals surface area contributed by atoms with E-state index in [1.165, 1.54) is 5.56 Å². The van der Waals surface area contributed by atoms with Gasteiger partial charge in [-0.3, -0.25) is 5.10 Å². The average Bonchev–Trinajstić information content (AvgIpc) is 3.00. The van der Waals surface area contributed by atoms with Gasteiger partial charge in [0.2, 0.25) is 0 Å². The molecule has 2 aromatic rings. The number of aliphatic hydroxyl groups is 1. The number of nitrogens with one attached hydrogen (secondary N) is 1. The Morgan fingerprint density at radius 1 is 1.24 bits per heavy atom. The zero-order valence-electron chi connectivity index (χ0n) is 9.69. The number of benzene rings is 1. The monoisotopic (exact) mass is 228 g/mol. The summed E-state index contributed by atoms with van der Waals surface area (Å²) in [5.41, 5.74) is 3.59. The molecular formula is C14H16N2O. The minimum Gasteiger partial charge on any atom is -0.396 e. The fraction of sp³-hybridized carbons (Fsp3) is 0.357. The minimum atomic E-state index is 0.132. The molecule has 0 atom stereocenters. The van der Waals surface area contributed by atoms with Crippen LogP contribution in [0, 0.1) is 5.41 Å². The molecule has 1 heterocycles. The van der Waals surface area contributed by atoms with Crippen molar-refractivity contribution in [2.24, 2.45) is 5.41 Å². The van der Waals surface area contributed by atoms with Gasteiger partial charge >= 0.3 is 0 Å². The van der Waals surface area contributed by atoms with Gasteiger partial charge in [0.15, 0.2) is 0 Å². The number of hydrogen-bond acceptors (Lipinski definition) is 2. The maximum atomic E-state index is 9.39. The Morgan fingerprint density at radius 2 is 2.00 bits per heavy atom. The predicted octanol–water partition coefficient (Wildman–Crippen LogP) is 2.39. The first-order valence-electron chi connectivity index (χ1n) is 6.02. The maximum absolute atomic E-state index is 9.39. The average molecular weight is 228 g/mol. The van der Waals surface area contributed by atoms with Gasteiger partial charge in [-0.25, -0.2) is 0 Å². The Hall–Kier alpha value is -1.61. The van der Waals surface area contributed by atoms with Gasteiger partial charge in [0, 0.05) is 6.61 Å². The van der Waals surface area contributed by atoms with Crippen LogP contribution in [0.1, 0.15) is 18.4 Å². The molecule has 0 bridgehead atoms. The van der Waals surface area contributed by atoms with Gasteiger partial charge in [-0.1, -0.05) is 30.3 Å². The highest BCUT2D eigenvalue weighted by Gasteiger charge is 2.42. The second-order valence-electron chi connectivity index (χ2n) is 4.97. The van der Waals surface area contributed by atoms with E-state index in [0.717, 1.165) is 30.5 Å². The van der Waals surface area contributed by atoms with Crippen LogP contribution in [-0.4, -0.2) is 21.9 Å². The summed E-state index contributed by atoms with van der Waals surface area (Å²) in [7, 11) is 0. The molecule has 0 saturated heterocycles. The van der Waals surface area contributed by atoms with Crippen molar-refractivity contribution < 1.29 is 5.11 Å². The topological polar surface area (TPSA) is 48.9 Å². The maximum Gasteiger partial charge on any atom is 0.0682 e. The molecule has 1 fully saturated rings. The van der Waals surface area contributed by atoms with Crippen LogP contribution in [0.4, 0.5) is 0 Å². The van der Waals surface area contributed by atoms with E-state index < -0.39 is 0 Å². The summed E-state index contributed by atoms with van der Waals surface area (Å²) in [5.74, 6) is 0. The highest BCUT2D eigenvalue weighted by Crippen LogP contribution is 2.48. The molecule has 0 spiro atoms. The van der Waals surface area contributed by atoms with E-state index in [-0.39, 0.29) is 12.0 Å². The van der Waals surface area contributed by atoms with E-state index in [2.05, 4.69) is 22.3 Å². The number of H-pyrrole nitrogens is 1. The van der Waals surface area contributed by atoms with Gasteiger partial charge < -0.3 is 5.11 Å². The van der Waals surface area contributed by atoms with Gasteiger partial charge in [0.1, 0.15) is 0 Å². The molecule has 17 heavy (non-hydrogen) atoms. The number of hydrogen-bond donors (Lipinski definition) is 2. The Morgan fingerprint density at radius 3 is 2.65 bits per heavy atom. The molecule has 1 saturated carbocycles. The molecule has 0 unspecified atom stereocenters. The SMILES string of the molecule is OCC1(Cc2cn[nH]c2-c2ccccc2)CC1. The number of aliphatic hydroxyl groups excluding tert-OH is 1. The van der Waals surface area contributed by atoms with Crippen LogP contribution in [0.5, 0.6) is 0 Å². The first-order chi connectivity index (χ1) is 8.33. The summed E-state index contributed by atoms with van der Waals surface area (Å²) in [6.07, 6.45) is 5.06. The summed E-state index contributed by atoms with van der Waals surface area (Å²) in [6, 6.07) is 10.2. The van der Waals surface area contributed by atoms with E-state index in [1.807, 2.05) is 24.4 Å². The second-order valence-corrected chi connectivity index (χ2v) is 4.97. The summed E-state index contributed by atoms with van der Waals surface area (Å²) < 4.78 is 0. The van der Waals surface area contributed by atoms with Gasteiger partial charge in [0.25, 0.3) is 0 Å². The third-order valence-electron chi connectivity index (χ3n) is 3.64. The van der Waals surface area contributed by atoms with E-state index in [4.69, 9.17) is 0 Å². The third kappa shape index (κ3) is 1.98. The van der Waals surface area contributed by atoms with Crippen molar-refractivity contribution in [2.45, 2.75) is 19.3 Å². The largest absolute Gasteiger partial charge is 0.396 e. The zero-order valence-corrected chi connectivity index (χ0v) is 9.69. The molecule has 1 aromatic carbocycles. The number of rotatable bonds is 4. The molecule has 1 aliphatic carbocycles. The molecule has 0 aliphatic heterocycles. The lowest BCUT2D eigenvalue weighted by molar-refractivity contribution is 0.211. The van der Waals surface area contributed by atoms with E-state index in [1.54, 1.807) is 0 Å². The molecule has 0 radical (unpaired) electrons. The number of aromatic amines is 1. The lowest BCUT2D eigenvalue weighted by Gasteiger charge is -2.11. The van der Waals surface area contributed by atoms with Crippen molar-refractivity contribution in [1.29, 1.82) is 0 Å². The summed E-state index contributed by atoms with van der Waals surface area (Å²) in [4.78, 5) is 0. The quantitative estimate of drug-likeness (QED) is 0.844. The summed E-state index contributed by atoms with van der Waals surface area (Å²) >= 11 is 0. The van der Waals surface area contributed by atoms with Crippen LogP contribution in [-0.2, 0) is 6.42 Å². The summed E-state index contributed by atoms with van der Waals surface area (Å²) in [5, 5.41) is 16.6. The van der Waals surface area contributed by atoms with Gasteiger partial charge in [-0.05, 0) is 35.8 Å². The molecule has 1 aliphatic rings. The molecule has 88 valence electrons. The minimum absolute atomic E-state index is 0.132. The van der Waals surface area contributed by atoms with Gasteiger partial charge in [-0.15, -0.1) is 0 Å². The molecule has 3 heteroatoms. The number of aromatic nitrogens is 2. The Balaban J connectivity index is 1.90. The third-order valence-corrected chi connectivity index (χ3v) is 3.64. The number of nitrogens with zero attached hydrogens (tertiary/aromatic N) is 1. The van der Waals surface area contributed by atoms with Crippen LogP contribution in [0.15, 0.2) is 36.5 Å². The smallest absolute Gasteiger partial charge is 0.0682 e. The van der Waals surface area contributed by atoms with Gasteiger partial charge in [0.05, 0.1) is 11.9 Å². The van der Waals surface area contributed by atoms with Crippen molar-refractivity contribution in [2.75, 3.05) is 6.61 Å². The first kappa shape index (κ1) is 10.5. The molecule has 1 aromatic heterocycles. The summed E-state index contributed by atoms with van der Waals surface area (Å²) in [6.45, 7) is 0.284. The van der Waals surface area contributed by atoms with Crippen LogP contribution in [0.3, 0.4) is 0 Å². The Labute approximate surface area is 100 Å². The standard InChI is InChI=1S/C14H16N2O/c17-10-14(6-7-14)8-12-9-15-16-13(12)11-4-2-1-3-5-11/h1-5,9,17H,6-8,10H2,(H,15,16). The zero-order chi connectivity index (χ0) is 11.7. The van der Waals surface area contributed by atoms with E-state index in [9.17, 15) is 5.11 Å². The fourth-order valence-corrected chi connectivity index (χ4v) is 2.27. The normalized spacial score (nSPS) is 17.0. The Kier molecular flexibility index (Phi) is 2.48. The van der Waals surface area contributed by atoms with Crippen molar-refractivity contribution in [3.8, 4) is 11.3 Å². The second kappa shape index (κ2) is 4.00. The van der Waals surface area contributed by atoms with Crippen molar-refractivity contribution in [3.63, 3.8) is 0 Å². The Bertz CT molecular complexity index is 500. The highest BCUT2D eigenvalue weighted by atomic mass is 16.3. The molecule has 0 amide bonds. The highest BCUT2D eigenvalue weighted by molar-refractivity contribution is 5.62. The van der Waals surface area contributed by atoms with E-state index in [0.29, 0.717) is 0 Å². The van der Waals surface area contributed by atoms with Crippen LogP contribution in [0.2, 0.25) is 0 Å². The first-order valence-corrected chi connectivity index (χ1v) is 6.02. The van der Waals surface area contributed by atoms with Crippen molar-refractivity contribution in [1.82, 2.24) is 10.2 Å². The van der Waals surface area contributed by atoms with Crippen LogP contribution in [0.25, 0.3) is 11.3 Å². The molecule has 2 N–H and O–H groups in total. The van der Waals surface area contributed by atoms with Crippen LogP contribution >= 0.6 is 0 Å².